The molecule has 1 saturated carbocycles. The maximum Gasteiger partial charge on any atom is 0.225 e. The Morgan fingerprint density at radius 1 is 1.05 bits per heavy atom. The van der Waals surface area contributed by atoms with E-state index in [0.29, 0.717) is 11.8 Å². The van der Waals surface area contributed by atoms with Crippen LogP contribution in [-0.4, -0.2) is 37.5 Å². The van der Waals surface area contributed by atoms with Crippen molar-refractivity contribution in [2.45, 2.75) is 58.3 Å². The van der Waals surface area contributed by atoms with Crippen molar-refractivity contribution in [3.05, 3.63) is 0 Å². The zero-order valence-corrected chi connectivity index (χ0v) is 14.6. The Hall–Kier alpha value is -0.280. The summed E-state index contributed by atoms with van der Waals surface area (Å²) in [6.45, 7) is 5.39. The van der Waals surface area contributed by atoms with Crippen LogP contribution in [0.4, 0.5) is 0 Å². The average Bonchev–Trinajstić information content (AvgIpc) is 2.53. The number of carbonyl (C=O) groups excluding carboxylic acids is 1. The van der Waals surface area contributed by atoms with Crippen molar-refractivity contribution >= 4 is 18.3 Å². The van der Waals surface area contributed by atoms with E-state index in [1.807, 2.05) is 7.05 Å². The normalized spacial score (nSPS) is 27.2. The molecule has 1 N–H and O–H groups in total. The highest BCUT2D eigenvalue weighted by Crippen LogP contribution is 2.32. The number of hydrogen-bond donors (Lipinski definition) is 1. The van der Waals surface area contributed by atoms with Crippen LogP contribution in [0.1, 0.15) is 58.3 Å². The standard InChI is InChI=1S/C17H32N2O.ClH/c1-3-14-4-6-16(7-5-14)17(20)19-12-9-15(10-13-19)8-11-18-2;/h14-16,18H,3-13H2,1-2H3;1H. The van der Waals surface area contributed by atoms with Gasteiger partial charge in [0.05, 0.1) is 0 Å². The molecule has 0 aromatic rings. The zero-order chi connectivity index (χ0) is 14.4. The molecule has 0 radical (unpaired) electrons. The van der Waals surface area contributed by atoms with E-state index in [1.54, 1.807) is 0 Å². The van der Waals surface area contributed by atoms with Crippen molar-refractivity contribution < 1.29 is 4.79 Å². The van der Waals surface area contributed by atoms with Crippen LogP contribution in [0.15, 0.2) is 0 Å². The van der Waals surface area contributed by atoms with Gasteiger partial charge in [0.15, 0.2) is 0 Å². The van der Waals surface area contributed by atoms with E-state index in [9.17, 15) is 4.79 Å². The molecule has 0 atom stereocenters. The van der Waals surface area contributed by atoms with Gasteiger partial charge in [-0.1, -0.05) is 13.3 Å². The molecule has 1 aliphatic heterocycles. The molecule has 1 aliphatic carbocycles. The molecular weight excluding hydrogens is 284 g/mol. The maximum atomic E-state index is 12.6. The van der Waals surface area contributed by atoms with Crippen molar-refractivity contribution in [1.82, 2.24) is 10.2 Å². The fourth-order valence-electron chi connectivity index (χ4n) is 3.87. The quantitative estimate of drug-likeness (QED) is 0.842. The highest BCUT2D eigenvalue weighted by atomic mass is 35.5. The van der Waals surface area contributed by atoms with Gasteiger partial charge in [0.25, 0.3) is 0 Å². The SMILES string of the molecule is CCC1CCC(C(=O)N2CCC(CCNC)CC2)CC1.Cl. The van der Waals surface area contributed by atoms with Crippen molar-refractivity contribution in [2.75, 3.05) is 26.7 Å². The van der Waals surface area contributed by atoms with Crippen LogP contribution in [0.2, 0.25) is 0 Å². The molecule has 2 aliphatic rings. The molecule has 1 saturated heterocycles. The summed E-state index contributed by atoms with van der Waals surface area (Å²) in [5, 5.41) is 3.23. The minimum absolute atomic E-state index is 0. The van der Waals surface area contributed by atoms with Crippen molar-refractivity contribution in [3.63, 3.8) is 0 Å². The first-order chi connectivity index (χ1) is 9.74. The summed E-state index contributed by atoms with van der Waals surface area (Å²) < 4.78 is 0. The van der Waals surface area contributed by atoms with Crippen LogP contribution in [0.25, 0.3) is 0 Å². The highest BCUT2D eigenvalue weighted by molar-refractivity contribution is 5.85. The van der Waals surface area contributed by atoms with Gasteiger partial charge in [-0.3, -0.25) is 4.79 Å². The van der Waals surface area contributed by atoms with E-state index in [-0.39, 0.29) is 12.4 Å². The van der Waals surface area contributed by atoms with Crippen LogP contribution in [-0.2, 0) is 4.79 Å². The van der Waals surface area contributed by atoms with Gasteiger partial charge in [0.1, 0.15) is 0 Å². The fraction of sp³-hybridized carbons (Fsp3) is 0.941. The van der Waals surface area contributed by atoms with Crippen molar-refractivity contribution in [2.24, 2.45) is 17.8 Å². The van der Waals surface area contributed by atoms with E-state index < -0.39 is 0 Å². The number of rotatable bonds is 5. The van der Waals surface area contributed by atoms with Crippen LogP contribution in [0.5, 0.6) is 0 Å². The number of halogens is 1. The second kappa shape index (κ2) is 9.68. The van der Waals surface area contributed by atoms with Crippen molar-refractivity contribution in [3.8, 4) is 0 Å². The molecule has 3 nitrogen and oxygen atoms in total. The Kier molecular flexibility index (Phi) is 8.65. The third-order valence-corrected chi connectivity index (χ3v) is 5.50. The molecule has 2 rings (SSSR count). The summed E-state index contributed by atoms with van der Waals surface area (Å²) >= 11 is 0. The second-order valence-corrected chi connectivity index (χ2v) is 6.79. The zero-order valence-electron chi connectivity index (χ0n) is 13.8. The minimum atomic E-state index is 0. The van der Waals surface area contributed by atoms with Gasteiger partial charge in [0, 0.05) is 19.0 Å². The summed E-state index contributed by atoms with van der Waals surface area (Å²) in [6.07, 6.45) is 9.78. The van der Waals surface area contributed by atoms with E-state index in [0.717, 1.165) is 44.3 Å². The summed E-state index contributed by atoms with van der Waals surface area (Å²) in [7, 11) is 2.02. The summed E-state index contributed by atoms with van der Waals surface area (Å²) in [5.41, 5.74) is 0. The molecule has 124 valence electrons. The van der Waals surface area contributed by atoms with Gasteiger partial charge < -0.3 is 10.2 Å². The molecule has 4 heteroatoms. The topological polar surface area (TPSA) is 32.3 Å². The van der Waals surface area contributed by atoms with Gasteiger partial charge in [-0.25, -0.2) is 0 Å². The average molecular weight is 317 g/mol. The number of piperidine rings is 1. The highest BCUT2D eigenvalue weighted by Gasteiger charge is 2.30. The Balaban J connectivity index is 0.00000220. The van der Waals surface area contributed by atoms with Gasteiger partial charge >= 0.3 is 0 Å². The monoisotopic (exact) mass is 316 g/mol. The number of nitrogens with one attached hydrogen (secondary N) is 1. The lowest BCUT2D eigenvalue weighted by Gasteiger charge is -2.36. The van der Waals surface area contributed by atoms with Crippen LogP contribution in [0.3, 0.4) is 0 Å². The largest absolute Gasteiger partial charge is 0.342 e. The molecule has 0 unspecified atom stereocenters. The minimum Gasteiger partial charge on any atom is -0.342 e. The molecule has 0 spiro atoms. The van der Waals surface area contributed by atoms with E-state index in [1.165, 1.54) is 38.5 Å². The lowest BCUT2D eigenvalue weighted by atomic mass is 9.80. The third kappa shape index (κ3) is 5.45. The fourth-order valence-corrected chi connectivity index (χ4v) is 3.87. The lowest BCUT2D eigenvalue weighted by molar-refractivity contribution is -0.138. The number of amides is 1. The maximum absolute atomic E-state index is 12.6. The molecule has 21 heavy (non-hydrogen) atoms. The first-order valence-corrected chi connectivity index (χ1v) is 8.68. The third-order valence-electron chi connectivity index (χ3n) is 5.50. The number of carbonyl (C=O) groups is 1. The van der Waals surface area contributed by atoms with Crippen molar-refractivity contribution in [1.29, 1.82) is 0 Å². The van der Waals surface area contributed by atoms with Crippen LogP contribution < -0.4 is 5.32 Å². The van der Waals surface area contributed by atoms with E-state index in [4.69, 9.17) is 0 Å². The molecule has 2 fully saturated rings. The molecular formula is C17H33ClN2O. The molecule has 1 amide bonds. The Bertz CT molecular complexity index is 295. The van der Waals surface area contributed by atoms with Gasteiger partial charge in [-0.15, -0.1) is 12.4 Å². The van der Waals surface area contributed by atoms with Gasteiger partial charge in [-0.2, -0.15) is 0 Å². The molecule has 1 heterocycles. The first-order valence-electron chi connectivity index (χ1n) is 8.68. The van der Waals surface area contributed by atoms with E-state index >= 15 is 0 Å². The molecule has 0 aromatic carbocycles. The molecule has 0 aromatic heterocycles. The van der Waals surface area contributed by atoms with E-state index in [2.05, 4.69) is 17.1 Å². The Morgan fingerprint density at radius 2 is 1.67 bits per heavy atom. The number of likely N-dealkylation sites (tertiary alicyclic amines) is 1. The predicted octanol–water partition coefficient (Wildman–Crippen LogP) is 3.47. The first kappa shape index (κ1) is 18.8. The summed E-state index contributed by atoms with van der Waals surface area (Å²) in [6, 6.07) is 0. The summed E-state index contributed by atoms with van der Waals surface area (Å²) in [4.78, 5) is 14.7. The Morgan fingerprint density at radius 3 is 2.19 bits per heavy atom. The van der Waals surface area contributed by atoms with Crippen LogP contribution >= 0.6 is 12.4 Å². The lowest BCUT2D eigenvalue weighted by Crippen LogP contribution is -2.43. The predicted molar refractivity (Wildman–Crippen MR) is 90.8 cm³/mol. The van der Waals surface area contributed by atoms with Gasteiger partial charge in [-0.05, 0) is 70.4 Å². The van der Waals surface area contributed by atoms with Gasteiger partial charge in [0.2, 0.25) is 5.91 Å². The van der Waals surface area contributed by atoms with Crippen LogP contribution in [0, 0.1) is 17.8 Å². The second-order valence-electron chi connectivity index (χ2n) is 6.79. The summed E-state index contributed by atoms with van der Waals surface area (Å²) in [5.74, 6) is 2.51. The molecule has 0 bridgehead atoms. The smallest absolute Gasteiger partial charge is 0.225 e. The Labute approximate surface area is 136 Å². The number of hydrogen-bond acceptors (Lipinski definition) is 2. The number of nitrogens with zero attached hydrogens (tertiary/aromatic N) is 1.